The normalized spacial score (nSPS) is 21.8. The minimum absolute atomic E-state index is 0.0224. The summed E-state index contributed by atoms with van der Waals surface area (Å²) in [5, 5.41) is 4.42. The number of hydrogen-bond donors (Lipinski definition) is 1. The molecule has 1 fully saturated rings. The van der Waals surface area contributed by atoms with Gasteiger partial charge in [-0.2, -0.15) is 5.10 Å². The SMILES string of the molecule is Cc1cc2c(N3CCOC(C(C)N)C3)nccn2n1. The first-order chi connectivity index (χ1) is 9.15. The number of rotatable bonds is 2. The van der Waals surface area contributed by atoms with Crippen LogP contribution in [0.1, 0.15) is 12.6 Å². The first-order valence-corrected chi connectivity index (χ1v) is 6.58. The van der Waals surface area contributed by atoms with Gasteiger partial charge in [-0.3, -0.25) is 0 Å². The quantitative estimate of drug-likeness (QED) is 0.857. The molecule has 1 saturated heterocycles. The molecule has 1 aliphatic rings. The Morgan fingerprint density at radius 2 is 2.37 bits per heavy atom. The van der Waals surface area contributed by atoms with Gasteiger partial charge in [0, 0.05) is 31.5 Å². The van der Waals surface area contributed by atoms with Crippen LogP contribution in [0.3, 0.4) is 0 Å². The van der Waals surface area contributed by atoms with E-state index in [0.29, 0.717) is 6.61 Å². The van der Waals surface area contributed by atoms with Gasteiger partial charge in [-0.15, -0.1) is 0 Å². The number of nitrogens with two attached hydrogens (primary N) is 1. The first-order valence-electron chi connectivity index (χ1n) is 6.58. The van der Waals surface area contributed by atoms with Crippen LogP contribution in [0, 0.1) is 6.92 Å². The van der Waals surface area contributed by atoms with Gasteiger partial charge in [-0.1, -0.05) is 0 Å². The molecule has 102 valence electrons. The summed E-state index contributed by atoms with van der Waals surface area (Å²) in [6.07, 6.45) is 3.71. The monoisotopic (exact) mass is 261 g/mol. The van der Waals surface area contributed by atoms with Gasteiger partial charge in [0.2, 0.25) is 0 Å². The fraction of sp³-hybridized carbons (Fsp3) is 0.538. The summed E-state index contributed by atoms with van der Waals surface area (Å²) in [6.45, 7) is 6.25. The lowest BCUT2D eigenvalue weighted by molar-refractivity contribution is 0.0274. The highest BCUT2D eigenvalue weighted by Gasteiger charge is 2.25. The minimum Gasteiger partial charge on any atom is -0.373 e. The Bertz CT molecular complexity index is 579. The summed E-state index contributed by atoms with van der Waals surface area (Å²) in [6, 6.07) is 2.08. The van der Waals surface area contributed by atoms with Crippen molar-refractivity contribution in [1.29, 1.82) is 0 Å². The van der Waals surface area contributed by atoms with Crippen LogP contribution in [-0.2, 0) is 4.74 Å². The molecule has 2 atom stereocenters. The summed E-state index contributed by atoms with van der Waals surface area (Å²) in [5.74, 6) is 0.956. The largest absolute Gasteiger partial charge is 0.373 e. The topological polar surface area (TPSA) is 68.7 Å². The molecular formula is C13H19N5O. The molecular weight excluding hydrogens is 242 g/mol. The molecule has 19 heavy (non-hydrogen) atoms. The number of anilines is 1. The lowest BCUT2D eigenvalue weighted by Crippen LogP contribution is -2.50. The number of aryl methyl sites for hydroxylation is 1. The molecule has 0 bridgehead atoms. The van der Waals surface area contributed by atoms with Crippen LogP contribution >= 0.6 is 0 Å². The molecule has 6 heteroatoms. The van der Waals surface area contributed by atoms with E-state index in [2.05, 4.69) is 21.0 Å². The van der Waals surface area contributed by atoms with Crippen LogP contribution in [0.2, 0.25) is 0 Å². The number of fused-ring (bicyclic) bond motifs is 1. The van der Waals surface area contributed by atoms with Crippen molar-refractivity contribution in [2.45, 2.75) is 26.0 Å². The van der Waals surface area contributed by atoms with E-state index >= 15 is 0 Å². The van der Waals surface area contributed by atoms with E-state index in [0.717, 1.165) is 30.1 Å². The van der Waals surface area contributed by atoms with Crippen LogP contribution in [0.4, 0.5) is 5.82 Å². The Morgan fingerprint density at radius 1 is 1.53 bits per heavy atom. The van der Waals surface area contributed by atoms with Gasteiger partial charge < -0.3 is 15.4 Å². The van der Waals surface area contributed by atoms with Crippen molar-refractivity contribution in [3.63, 3.8) is 0 Å². The molecule has 0 radical (unpaired) electrons. The molecule has 2 N–H and O–H groups in total. The van der Waals surface area contributed by atoms with Crippen molar-refractivity contribution in [2.75, 3.05) is 24.6 Å². The molecule has 6 nitrogen and oxygen atoms in total. The smallest absolute Gasteiger partial charge is 0.154 e. The molecule has 0 amide bonds. The average Bonchev–Trinajstić information content (AvgIpc) is 2.78. The van der Waals surface area contributed by atoms with Crippen LogP contribution < -0.4 is 10.6 Å². The molecule has 2 unspecified atom stereocenters. The van der Waals surface area contributed by atoms with E-state index in [9.17, 15) is 0 Å². The van der Waals surface area contributed by atoms with Gasteiger partial charge in [-0.05, 0) is 19.9 Å². The Hall–Kier alpha value is -1.66. The van der Waals surface area contributed by atoms with E-state index in [1.807, 2.05) is 24.6 Å². The maximum absolute atomic E-state index is 5.93. The number of ether oxygens (including phenoxy) is 1. The van der Waals surface area contributed by atoms with Crippen LogP contribution in [0.15, 0.2) is 18.5 Å². The van der Waals surface area contributed by atoms with E-state index in [1.54, 1.807) is 6.20 Å². The van der Waals surface area contributed by atoms with E-state index in [-0.39, 0.29) is 12.1 Å². The van der Waals surface area contributed by atoms with Crippen molar-refractivity contribution in [3.8, 4) is 0 Å². The molecule has 0 spiro atoms. The molecule has 3 rings (SSSR count). The summed E-state index contributed by atoms with van der Waals surface area (Å²) in [7, 11) is 0. The second-order valence-corrected chi connectivity index (χ2v) is 5.08. The average molecular weight is 261 g/mol. The standard InChI is InChI=1S/C13H19N5O/c1-9-7-11-13(15-3-4-18(11)16-9)17-5-6-19-12(8-17)10(2)14/h3-4,7,10,12H,5-6,8,14H2,1-2H3. The Kier molecular flexibility index (Phi) is 3.12. The summed E-state index contributed by atoms with van der Waals surface area (Å²) in [4.78, 5) is 6.74. The van der Waals surface area contributed by atoms with E-state index in [4.69, 9.17) is 10.5 Å². The van der Waals surface area contributed by atoms with Crippen molar-refractivity contribution in [1.82, 2.24) is 14.6 Å². The number of nitrogens with zero attached hydrogens (tertiary/aromatic N) is 4. The number of hydrogen-bond acceptors (Lipinski definition) is 5. The van der Waals surface area contributed by atoms with E-state index < -0.39 is 0 Å². The van der Waals surface area contributed by atoms with Crippen LogP contribution in [-0.4, -0.2) is 46.4 Å². The molecule has 2 aromatic rings. The third-order valence-electron chi connectivity index (χ3n) is 3.47. The molecule has 1 aliphatic heterocycles. The Morgan fingerprint density at radius 3 is 3.16 bits per heavy atom. The van der Waals surface area contributed by atoms with E-state index in [1.165, 1.54) is 0 Å². The lowest BCUT2D eigenvalue weighted by Gasteiger charge is -2.35. The van der Waals surface area contributed by atoms with Crippen molar-refractivity contribution in [2.24, 2.45) is 5.73 Å². The fourth-order valence-electron chi connectivity index (χ4n) is 2.46. The summed E-state index contributed by atoms with van der Waals surface area (Å²) in [5.41, 5.74) is 7.96. The third-order valence-corrected chi connectivity index (χ3v) is 3.47. The van der Waals surface area contributed by atoms with Crippen molar-refractivity contribution in [3.05, 3.63) is 24.2 Å². The molecule has 0 aromatic carbocycles. The second-order valence-electron chi connectivity index (χ2n) is 5.08. The zero-order valence-corrected chi connectivity index (χ0v) is 11.3. The van der Waals surface area contributed by atoms with Crippen LogP contribution in [0.25, 0.3) is 5.52 Å². The van der Waals surface area contributed by atoms with Crippen LogP contribution in [0.5, 0.6) is 0 Å². The van der Waals surface area contributed by atoms with Gasteiger partial charge in [-0.25, -0.2) is 9.50 Å². The highest BCUT2D eigenvalue weighted by Crippen LogP contribution is 2.22. The number of morpholine rings is 1. The molecule has 0 saturated carbocycles. The van der Waals surface area contributed by atoms with Gasteiger partial charge in [0.25, 0.3) is 0 Å². The zero-order valence-electron chi connectivity index (χ0n) is 11.3. The molecule has 0 aliphatic carbocycles. The van der Waals surface area contributed by atoms with Gasteiger partial charge in [0.1, 0.15) is 5.52 Å². The molecule has 3 heterocycles. The summed E-state index contributed by atoms with van der Waals surface area (Å²) < 4.78 is 7.56. The van der Waals surface area contributed by atoms with Gasteiger partial charge in [0.15, 0.2) is 5.82 Å². The highest BCUT2D eigenvalue weighted by molar-refractivity contribution is 5.69. The third kappa shape index (κ3) is 2.29. The van der Waals surface area contributed by atoms with Crippen molar-refractivity contribution < 1.29 is 4.74 Å². The second kappa shape index (κ2) is 4.79. The first kappa shape index (κ1) is 12.4. The minimum atomic E-state index is 0.0224. The lowest BCUT2D eigenvalue weighted by atomic mass is 10.1. The molecule has 2 aromatic heterocycles. The fourth-order valence-corrected chi connectivity index (χ4v) is 2.46. The predicted molar refractivity (Wildman–Crippen MR) is 73.3 cm³/mol. The number of aromatic nitrogens is 3. The van der Waals surface area contributed by atoms with Crippen molar-refractivity contribution >= 4 is 11.3 Å². The maximum atomic E-state index is 5.93. The Labute approximate surface area is 112 Å². The zero-order chi connectivity index (χ0) is 13.4. The van der Waals surface area contributed by atoms with Gasteiger partial charge >= 0.3 is 0 Å². The Balaban J connectivity index is 1.95. The predicted octanol–water partition coefficient (Wildman–Crippen LogP) is 0.590. The summed E-state index contributed by atoms with van der Waals surface area (Å²) >= 11 is 0. The maximum Gasteiger partial charge on any atom is 0.154 e. The highest BCUT2D eigenvalue weighted by atomic mass is 16.5. The van der Waals surface area contributed by atoms with Gasteiger partial charge in [0.05, 0.1) is 18.4 Å².